The average molecular weight is 329 g/mol. The first-order valence-corrected chi connectivity index (χ1v) is 7.39. The van der Waals surface area contributed by atoms with Gasteiger partial charge in [-0.05, 0) is 25.5 Å². The lowest BCUT2D eigenvalue weighted by atomic mass is 10.1. The van der Waals surface area contributed by atoms with Crippen molar-refractivity contribution in [3.8, 4) is 11.6 Å². The van der Waals surface area contributed by atoms with Crippen LogP contribution in [-0.2, 0) is 20.8 Å². The molecule has 7 nitrogen and oxygen atoms in total. The van der Waals surface area contributed by atoms with E-state index in [2.05, 4.69) is 15.1 Å². The molecule has 0 aliphatic heterocycles. The number of aromatic nitrogens is 2. The lowest BCUT2D eigenvalue weighted by Gasteiger charge is -2.13. The molecule has 2 rings (SSSR count). The number of ether oxygens (including phenoxy) is 2. The molecular formula is C17H19N3O4. The molecule has 0 fully saturated rings. The number of hydrogen-bond acceptors (Lipinski definition) is 7. The maximum absolute atomic E-state index is 12.0. The molecule has 1 aromatic carbocycles. The summed E-state index contributed by atoms with van der Waals surface area (Å²) in [5, 5.41) is 3.75. The fraction of sp³-hybridized carbons (Fsp3) is 0.294. The molecule has 1 heterocycles. The summed E-state index contributed by atoms with van der Waals surface area (Å²) in [6.45, 7) is 3.90. The average Bonchev–Trinajstić information content (AvgIpc) is 2.61. The van der Waals surface area contributed by atoms with Crippen molar-refractivity contribution in [3.63, 3.8) is 0 Å². The standard InChI is InChI=1S/C17H19N3O4/c1-5-13-11(2)16(19-10-18-13)24-14-9-7-6-8-12(14)15(20-23-4)17(21)22-3/h6-10H,5H2,1-4H3. The summed E-state index contributed by atoms with van der Waals surface area (Å²) in [5.41, 5.74) is 2.20. The lowest BCUT2D eigenvalue weighted by molar-refractivity contribution is -0.132. The van der Waals surface area contributed by atoms with Gasteiger partial charge in [0.1, 0.15) is 19.2 Å². The molecule has 0 aliphatic carbocycles. The monoisotopic (exact) mass is 329 g/mol. The first-order chi connectivity index (χ1) is 11.6. The number of nitrogens with zero attached hydrogens (tertiary/aromatic N) is 3. The third-order valence-corrected chi connectivity index (χ3v) is 3.39. The SMILES string of the molecule is CCc1ncnc(Oc2ccccc2C(=NOC)C(=O)OC)c1C. The molecule has 24 heavy (non-hydrogen) atoms. The Balaban J connectivity index is 2.46. The first-order valence-electron chi connectivity index (χ1n) is 7.39. The molecule has 7 heteroatoms. The van der Waals surface area contributed by atoms with E-state index >= 15 is 0 Å². The fourth-order valence-corrected chi connectivity index (χ4v) is 2.17. The van der Waals surface area contributed by atoms with Gasteiger partial charge in [0.05, 0.1) is 18.4 Å². The molecule has 0 amide bonds. The number of benzene rings is 1. The van der Waals surface area contributed by atoms with Crippen molar-refractivity contribution in [3.05, 3.63) is 47.4 Å². The Kier molecular flexibility index (Phi) is 5.83. The Labute approximate surface area is 140 Å². The summed E-state index contributed by atoms with van der Waals surface area (Å²) in [6, 6.07) is 6.97. The second-order valence-electron chi connectivity index (χ2n) is 4.82. The van der Waals surface area contributed by atoms with Gasteiger partial charge in [0, 0.05) is 5.56 Å². The van der Waals surface area contributed by atoms with Gasteiger partial charge >= 0.3 is 5.97 Å². The minimum absolute atomic E-state index is 0.0121. The van der Waals surface area contributed by atoms with Crippen molar-refractivity contribution in [1.82, 2.24) is 9.97 Å². The third kappa shape index (κ3) is 3.68. The molecule has 0 saturated carbocycles. The highest BCUT2D eigenvalue weighted by molar-refractivity contribution is 6.43. The van der Waals surface area contributed by atoms with Crippen molar-refractivity contribution in [2.75, 3.05) is 14.2 Å². The van der Waals surface area contributed by atoms with Crippen LogP contribution in [0.5, 0.6) is 11.6 Å². The van der Waals surface area contributed by atoms with Gasteiger partial charge in [-0.15, -0.1) is 0 Å². The van der Waals surface area contributed by atoms with E-state index in [0.29, 0.717) is 17.2 Å². The van der Waals surface area contributed by atoms with Crippen LogP contribution in [0.15, 0.2) is 35.7 Å². The summed E-state index contributed by atoms with van der Waals surface area (Å²) < 4.78 is 10.7. The van der Waals surface area contributed by atoms with Crippen LogP contribution in [0, 0.1) is 6.92 Å². The van der Waals surface area contributed by atoms with E-state index < -0.39 is 5.97 Å². The zero-order chi connectivity index (χ0) is 17.5. The third-order valence-electron chi connectivity index (χ3n) is 3.39. The van der Waals surface area contributed by atoms with E-state index in [9.17, 15) is 4.79 Å². The largest absolute Gasteiger partial charge is 0.464 e. The highest BCUT2D eigenvalue weighted by atomic mass is 16.6. The Morgan fingerprint density at radius 1 is 1.21 bits per heavy atom. The Hall–Kier alpha value is -2.96. The minimum Gasteiger partial charge on any atom is -0.464 e. The van der Waals surface area contributed by atoms with Crippen LogP contribution < -0.4 is 4.74 Å². The number of methoxy groups -OCH3 is 1. The summed E-state index contributed by atoms with van der Waals surface area (Å²) >= 11 is 0. The molecule has 0 aliphatic rings. The molecule has 0 radical (unpaired) electrons. The molecule has 0 atom stereocenters. The zero-order valence-corrected chi connectivity index (χ0v) is 14.1. The Morgan fingerprint density at radius 3 is 2.62 bits per heavy atom. The molecule has 2 aromatic rings. The van der Waals surface area contributed by atoms with E-state index in [1.54, 1.807) is 24.3 Å². The summed E-state index contributed by atoms with van der Waals surface area (Å²) in [6.07, 6.45) is 2.22. The van der Waals surface area contributed by atoms with E-state index in [1.165, 1.54) is 20.5 Å². The van der Waals surface area contributed by atoms with Gasteiger partial charge in [-0.1, -0.05) is 24.2 Å². The van der Waals surface area contributed by atoms with Gasteiger partial charge in [0.15, 0.2) is 5.71 Å². The molecule has 1 aromatic heterocycles. The molecule has 0 spiro atoms. The van der Waals surface area contributed by atoms with Crippen molar-refractivity contribution in [2.24, 2.45) is 5.16 Å². The number of carbonyl (C=O) groups excluding carboxylic acids is 1. The van der Waals surface area contributed by atoms with Crippen molar-refractivity contribution < 1.29 is 19.1 Å². The predicted octanol–water partition coefficient (Wildman–Crippen LogP) is 2.66. The number of para-hydroxylation sites is 1. The van der Waals surface area contributed by atoms with E-state index in [4.69, 9.17) is 14.3 Å². The van der Waals surface area contributed by atoms with Crippen LogP contribution >= 0.6 is 0 Å². The first kappa shape index (κ1) is 17.4. The topological polar surface area (TPSA) is 82.9 Å². The number of carbonyl (C=O) groups is 1. The van der Waals surface area contributed by atoms with Crippen LogP contribution in [-0.4, -0.2) is 35.9 Å². The van der Waals surface area contributed by atoms with Crippen molar-refractivity contribution in [2.45, 2.75) is 20.3 Å². The van der Waals surface area contributed by atoms with E-state index in [-0.39, 0.29) is 5.71 Å². The summed E-state index contributed by atoms with van der Waals surface area (Å²) in [5.74, 6) is 0.222. The molecular weight excluding hydrogens is 310 g/mol. The number of oxime groups is 1. The molecule has 0 N–H and O–H groups in total. The van der Waals surface area contributed by atoms with Gasteiger partial charge in [-0.2, -0.15) is 0 Å². The number of esters is 1. The van der Waals surface area contributed by atoms with Gasteiger partial charge in [-0.3, -0.25) is 0 Å². The van der Waals surface area contributed by atoms with E-state index in [0.717, 1.165) is 17.7 Å². The second kappa shape index (κ2) is 8.05. The van der Waals surface area contributed by atoms with Gasteiger partial charge < -0.3 is 14.3 Å². The van der Waals surface area contributed by atoms with Gasteiger partial charge in [-0.25, -0.2) is 14.8 Å². The number of aryl methyl sites for hydroxylation is 1. The highest BCUT2D eigenvalue weighted by Crippen LogP contribution is 2.28. The van der Waals surface area contributed by atoms with Crippen LogP contribution in [0.2, 0.25) is 0 Å². The number of rotatable bonds is 6. The van der Waals surface area contributed by atoms with Crippen molar-refractivity contribution in [1.29, 1.82) is 0 Å². The van der Waals surface area contributed by atoms with Crippen LogP contribution in [0.3, 0.4) is 0 Å². The van der Waals surface area contributed by atoms with Crippen molar-refractivity contribution >= 4 is 11.7 Å². The Morgan fingerprint density at radius 2 is 1.96 bits per heavy atom. The zero-order valence-electron chi connectivity index (χ0n) is 14.1. The van der Waals surface area contributed by atoms with Gasteiger partial charge in [0.2, 0.25) is 5.88 Å². The smallest absolute Gasteiger partial charge is 0.360 e. The molecule has 0 unspecified atom stereocenters. The summed E-state index contributed by atoms with van der Waals surface area (Å²) in [7, 11) is 2.63. The van der Waals surface area contributed by atoms with E-state index in [1.807, 2.05) is 13.8 Å². The normalized spacial score (nSPS) is 11.1. The lowest BCUT2D eigenvalue weighted by Crippen LogP contribution is -2.18. The minimum atomic E-state index is -0.624. The van der Waals surface area contributed by atoms with Crippen LogP contribution in [0.1, 0.15) is 23.7 Å². The highest BCUT2D eigenvalue weighted by Gasteiger charge is 2.21. The Bertz CT molecular complexity index is 759. The van der Waals surface area contributed by atoms with Gasteiger partial charge in [0.25, 0.3) is 0 Å². The van der Waals surface area contributed by atoms with Crippen LogP contribution in [0.4, 0.5) is 0 Å². The fourth-order valence-electron chi connectivity index (χ4n) is 2.17. The maximum atomic E-state index is 12.0. The number of hydrogen-bond donors (Lipinski definition) is 0. The van der Waals surface area contributed by atoms with Crippen LogP contribution in [0.25, 0.3) is 0 Å². The summed E-state index contributed by atoms with van der Waals surface area (Å²) in [4.78, 5) is 25.1. The molecule has 0 saturated heterocycles. The molecule has 0 bridgehead atoms. The maximum Gasteiger partial charge on any atom is 0.360 e. The quantitative estimate of drug-likeness (QED) is 0.460. The predicted molar refractivity (Wildman–Crippen MR) is 88.2 cm³/mol. The molecule has 126 valence electrons. The second-order valence-corrected chi connectivity index (χ2v) is 4.82.